The van der Waals surface area contributed by atoms with Crippen molar-refractivity contribution in [3.63, 3.8) is 0 Å². The first-order chi connectivity index (χ1) is 7.27. The van der Waals surface area contributed by atoms with Crippen molar-refractivity contribution >= 4 is 0 Å². The van der Waals surface area contributed by atoms with Crippen molar-refractivity contribution in [2.45, 2.75) is 65.0 Å². The zero-order valence-electron chi connectivity index (χ0n) is 10.6. The standard InChI is InChI=1S/C13H27NO/c1-4-12-8-6-7-9-13(12)14-10-11(3)15-5-2/h11-14H,4-10H2,1-3H3. The van der Waals surface area contributed by atoms with Crippen LogP contribution in [0.5, 0.6) is 0 Å². The minimum atomic E-state index is 0.356. The average Bonchev–Trinajstić information content (AvgIpc) is 2.27. The molecule has 1 N–H and O–H groups in total. The minimum Gasteiger partial charge on any atom is -0.377 e. The summed E-state index contributed by atoms with van der Waals surface area (Å²) >= 11 is 0. The monoisotopic (exact) mass is 213 g/mol. The third-order valence-corrected chi connectivity index (χ3v) is 3.55. The molecule has 0 spiro atoms. The Hall–Kier alpha value is -0.0800. The van der Waals surface area contributed by atoms with Crippen molar-refractivity contribution in [2.75, 3.05) is 13.2 Å². The molecule has 1 rings (SSSR count). The number of hydrogen-bond acceptors (Lipinski definition) is 2. The highest BCUT2D eigenvalue weighted by atomic mass is 16.5. The molecule has 2 nitrogen and oxygen atoms in total. The predicted octanol–water partition coefficient (Wildman–Crippen LogP) is 2.97. The van der Waals surface area contributed by atoms with Gasteiger partial charge in [-0.05, 0) is 32.6 Å². The Kier molecular flexibility index (Phi) is 6.26. The van der Waals surface area contributed by atoms with Crippen molar-refractivity contribution < 1.29 is 4.74 Å². The van der Waals surface area contributed by atoms with E-state index >= 15 is 0 Å². The molecule has 90 valence electrons. The number of nitrogens with one attached hydrogen (secondary N) is 1. The van der Waals surface area contributed by atoms with E-state index in [1.54, 1.807) is 0 Å². The molecule has 0 amide bonds. The van der Waals surface area contributed by atoms with Crippen molar-refractivity contribution in [1.82, 2.24) is 5.32 Å². The maximum atomic E-state index is 5.54. The van der Waals surface area contributed by atoms with Crippen LogP contribution in [0.25, 0.3) is 0 Å². The lowest BCUT2D eigenvalue weighted by Gasteiger charge is -2.32. The molecular weight excluding hydrogens is 186 g/mol. The fraction of sp³-hybridized carbons (Fsp3) is 1.00. The lowest BCUT2D eigenvalue weighted by atomic mass is 9.83. The van der Waals surface area contributed by atoms with Gasteiger partial charge in [-0.2, -0.15) is 0 Å². The van der Waals surface area contributed by atoms with Gasteiger partial charge in [0, 0.05) is 19.2 Å². The van der Waals surface area contributed by atoms with Crippen LogP contribution >= 0.6 is 0 Å². The van der Waals surface area contributed by atoms with Crippen LogP contribution in [0, 0.1) is 5.92 Å². The Labute approximate surface area is 94.8 Å². The van der Waals surface area contributed by atoms with Crippen molar-refractivity contribution in [1.29, 1.82) is 0 Å². The van der Waals surface area contributed by atoms with Gasteiger partial charge in [0.1, 0.15) is 0 Å². The Bertz CT molecular complexity index is 161. The van der Waals surface area contributed by atoms with Crippen LogP contribution in [0.4, 0.5) is 0 Å². The molecular formula is C13H27NO. The van der Waals surface area contributed by atoms with Gasteiger partial charge in [0.25, 0.3) is 0 Å². The third kappa shape index (κ3) is 4.52. The summed E-state index contributed by atoms with van der Waals surface area (Å²) in [4.78, 5) is 0. The minimum absolute atomic E-state index is 0.356. The highest BCUT2D eigenvalue weighted by molar-refractivity contribution is 4.80. The lowest BCUT2D eigenvalue weighted by molar-refractivity contribution is 0.0699. The summed E-state index contributed by atoms with van der Waals surface area (Å²) in [6.07, 6.45) is 7.28. The molecule has 0 aliphatic heterocycles. The second kappa shape index (κ2) is 7.24. The summed E-state index contributed by atoms with van der Waals surface area (Å²) in [5.74, 6) is 0.896. The Morgan fingerprint density at radius 3 is 2.67 bits per heavy atom. The second-order valence-electron chi connectivity index (χ2n) is 4.73. The van der Waals surface area contributed by atoms with Gasteiger partial charge in [-0.3, -0.25) is 0 Å². The van der Waals surface area contributed by atoms with Crippen LogP contribution in [0.2, 0.25) is 0 Å². The van der Waals surface area contributed by atoms with Gasteiger partial charge in [0.2, 0.25) is 0 Å². The summed E-state index contributed by atoms with van der Waals surface area (Å²) in [7, 11) is 0. The quantitative estimate of drug-likeness (QED) is 0.732. The number of hydrogen-bond donors (Lipinski definition) is 1. The molecule has 1 aliphatic carbocycles. The Morgan fingerprint density at radius 1 is 1.27 bits per heavy atom. The lowest BCUT2D eigenvalue weighted by Crippen LogP contribution is -2.42. The topological polar surface area (TPSA) is 21.3 Å². The summed E-state index contributed by atoms with van der Waals surface area (Å²) in [6.45, 7) is 8.36. The fourth-order valence-electron chi connectivity index (χ4n) is 2.63. The molecule has 0 aromatic rings. The second-order valence-corrected chi connectivity index (χ2v) is 4.73. The number of rotatable bonds is 6. The Morgan fingerprint density at radius 2 is 2.00 bits per heavy atom. The molecule has 2 heteroatoms. The molecule has 1 fully saturated rings. The fourth-order valence-corrected chi connectivity index (χ4v) is 2.63. The van der Waals surface area contributed by atoms with E-state index in [9.17, 15) is 0 Å². The zero-order valence-corrected chi connectivity index (χ0v) is 10.6. The third-order valence-electron chi connectivity index (χ3n) is 3.55. The maximum absolute atomic E-state index is 5.54. The molecule has 0 aromatic heterocycles. The van der Waals surface area contributed by atoms with Crippen molar-refractivity contribution in [2.24, 2.45) is 5.92 Å². The van der Waals surface area contributed by atoms with E-state index < -0.39 is 0 Å². The molecule has 1 saturated carbocycles. The molecule has 0 saturated heterocycles. The van der Waals surface area contributed by atoms with Crippen LogP contribution in [0.1, 0.15) is 52.9 Å². The molecule has 15 heavy (non-hydrogen) atoms. The van der Waals surface area contributed by atoms with Gasteiger partial charge in [0.05, 0.1) is 6.10 Å². The summed E-state index contributed by atoms with van der Waals surface area (Å²) in [5, 5.41) is 3.68. The van der Waals surface area contributed by atoms with Crippen LogP contribution in [0.3, 0.4) is 0 Å². The number of ether oxygens (including phenoxy) is 1. The maximum Gasteiger partial charge on any atom is 0.0671 e. The van der Waals surface area contributed by atoms with E-state index in [4.69, 9.17) is 4.74 Å². The van der Waals surface area contributed by atoms with Crippen molar-refractivity contribution in [3.8, 4) is 0 Å². The van der Waals surface area contributed by atoms with E-state index in [-0.39, 0.29) is 0 Å². The molecule has 0 aromatic carbocycles. The highest BCUT2D eigenvalue weighted by Gasteiger charge is 2.23. The van der Waals surface area contributed by atoms with Crippen LogP contribution in [0.15, 0.2) is 0 Å². The summed E-state index contributed by atoms with van der Waals surface area (Å²) in [5.41, 5.74) is 0. The van der Waals surface area contributed by atoms with Crippen molar-refractivity contribution in [3.05, 3.63) is 0 Å². The van der Waals surface area contributed by atoms with Crippen LogP contribution in [-0.2, 0) is 4.74 Å². The highest BCUT2D eigenvalue weighted by Crippen LogP contribution is 2.26. The molecule has 1 aliphatic rings. The van der Waals surface area contributed by atoms with Gasteiger partial charge in [-0.1, -0.05) is 26.2 Å². The SMILES string of the molecule is CCOC(C)CNC1CCCCC1CC. The molecule has 0 bridgehead atoms. The normalized spacial score (nSPS) is 29.0. The van der Waals surface area contributed by atoms with E-state index in [1.807, 2.05) is 0 Å². The van der Waals surface area contributed by atoms with E-state index in [0.717, 1.165) is 25.1 Å². The first-order valence-electron chi connectivity index (χ1n) is 6.62. The van der Waals surface area contributed by atoms with Crippen LogP contribution < -0.4 is 5.32 Å². The average molecular weight is 213 g/mol. The summed E-state index contributed by atoms with van der Waals surface area (Å²) in [6, 6.07) is 0.742. The molecule has 3 atom stereocenters. The summed E-state index contributed by atoms with van der Waals surface area (Å²) < 4.78 is 5.54. The molecule has 0 radical (unpaired) electrons. The van der Waals surface area contributed by atoms with Gasteiger partial charge >= 0.3 is 0 Å². The first kappa shape index (κ1) is 13.0. The molecule has 0 heterocycles. The largest absolute Gasteiger partial charge is 0.377 e. The smallest absolute Gasteiger partial charge is 0.0671 e. The van der Waals surface area contributed by atoms with Gasteiger partial charge in [-0.15, -0.1) is 0 Å². The Balaban J connectivity index is 2.22. The van der Waals surface area contributed by atoms with Gasteiger partial charge in [0.15, 0.2) is 0 Å². The van der Waals surface area contributed by atoms with Crippen LogP contribution in [-0.4, -0.2) is 25.3 Å². The zero-order chi connectivity index (χ0) is 11.1. The molecule has 3 unspecified atom stereocenters. The van der Waals surface area contributed by atoms with E-state index in [2.05, 4.69) is 26.1 Å². The van der Waals surface area contributed by atoms with Gasteiger partial charge in [-0.25, -0.2) is 0 Å². The van der Waals surface area contributed by atoms with E-state index in [0.29, 0.717) is 6.10 Å². The van der Waals surface area contributed by atoms with E-state index in [1.165, 1.54) is 32.1 Å². The van der Waals surface area contributed by atoms with Gasteiger partial charge < -0.3 is 10.1 Å². The predicted molar refractivity (Wildman–Crippen MR) is 65.1 cm³/mol. The first-order valence-corrected chi connectivity index (χ1v) is 6.62.